The molecule has 20 heavy (non-hydrogen) atoms. The van der Waals surface area contributed by atoms with E-state index in [0.29, 0.717) is 12.0 Å². The molecule has 5 nitrogen and oxygen atoms in total. The average molecular weight is 280 g/mol. The van der Waals surface area contributed by atoms with Crippen molar-refractivity contribution in [1.29, 1.82) is 0 Å². The van der Waals surface area contributed by atoms with E-state index in [-0.39, 0.29) is 11.9 Å². The minimum absolute atomic E-state index is 0.0908. The Bertz CT molecular complexity index is 421. The summed E-state index contributed by atoms with van der Waals surface area (Å²) >= 11 is 0. The van der Waals surface area contributed by atoms with Crippen molar-refractivity contribution < 1.29 is 14.7 Å². The second-order valence-corrected chi connectivity index (χ2v) is 6.81. The van der Waals surface area contributed by atoms with E-state index in [4.69, 9.17) is 0 Å². The van der Waals surface area contributed by atoms with Crippen LogP contribution in [0, 0.1) is 11.8 Å². The lowest BCUT2D eigenvalue weighted by Crippen LogP contribution is -2.60. The summed E-state index contributed by atoms with van der Waals surface area (Å²) in [6.45, 7) is 2.42. The molecule has 112 valence electrons. The quantitative estimate of drug-likeness (QED) is 0.832. The monoisotopic (exact) mass is 280 g/mol. The van der Waals surface area contributed by atoms with Gasteiger partial charge in [0.15, 0.2) is 0 Å². The van der Waals surface area contributed by atoms with Gasteiger partial charge in [-0.05, 0) is 57.3 Å². The fourth-order valence-electron chi connectivity index (χ4n) is 3.99. The zero-order chi connectivity index (χ0) is 14.3. The first-order chi connectivity index (χ1) is 9.52. The van der Waals surface area contributed by atoms with Gasteiger partial charge in [0.2, 0.25) is 0 Å². The maximum Gasteiger partial charge on any atom is 0.329 e. The first-order valence-corrected chi connectivity index (χ1v) is 7.84. The molecule has 3 rings (SSSR count). The number of carboxylic acids is 1. The zero-order valence-corrected chi connectivity index (χ0v) is 12.1. The van der Waals surface area contributed by atoms with E-state index < -0.39 is 11.5 Å². The summed E-state index contributed by atoms with van der Waals surface area (Å²) in [5.74, 6) is -0.187. The van der Waals surface area contributed by atoms with Crippen LogP contribution in [0.3, 0.4) is 0 Å². The van der Waals surface area contributed by atoms with Crippen molar-refractivity contribution in [3.8, 4) is 0 Å². The highest BCUT2D eigenvalue weighted by Gasteiger charge is 2.50. The molecular formula is C15H24N2O3. The summed E-state index contributed by atoms with van der Waals surface area (Å²) in [7, 11) is 0. The highest BCUT2D eigenvalue weighted by Crippen LogP contribution is 2.41. The van der Waals surface area contributed by atoms with Crippen LogP contribution in [0.15, 0.2) is 0 Å². The van der Waals surface area contributed by atoms with Crippen LogP contribution in [0.25, 0.3) is 0 Å². The Kier molecular flexibility index (Phi) is 3.38. The molecule has 0 aromatic carbocycles. The Balaban J connectivity index is 1.70. The number of nitrogens with zero attached hydrogens (tertiary/aromatic N) is 1. The first kappa shape index (κ1) is 13.7. The number of carbonyl (C=O) groups is 2. The summed E-state index contributed by atoms with van der Waals surface area (Å²) in [6.07, 6.45) is 7.54. The van der Waals surface area contributed by atoms with Gasteiger partial charge in [0.05, 0.1) is 0 Å². The summed E-state index contributed by atoms with van der Waals surface area (Å²) in [4.78, 5) is 26.0. The molecule has 2 saturated carbocycles. The predicted molar refractivity (Wildman–Crippen MR) is 74.4 cm³/mol. The lowest BCUT2D eigenvalue weighted by molar-refractivity contribution is -0.144. The largest absolute Gasteiger partial charge is 0.480 e. The third kappa shape index (κ3) is 2.27. The predicted octanol–water partition coefficient (Wildman–Crippen LogP) is 2.21. The van der Waals surface area contributed by atoms with E-state index in [1.807, 2.05) is 4.90 Å². The van der Waals surface area contributed by atoms with E-state index in [0.717, 1.165) is 32.2 Å². The molecule has 3 fully saturated rings. The average Bonchev–Trinajstić information content (AvgIpc) is 3.16. The highest BCUT2D eigenvalue weighted by atomic mass is 16.4. The van der Waals surface area contributed by atoms with E-state index in [2.05, 4.69) is 5.32 Å². The van der Waals surface area contributed by atoms with Gasteiger partial charge in [-0.3, -0.25) is 0 Å². The Morgan fingerprint density at radius 3 is 2.50 bits per heavy atom. The normalized spacial score (nSPS) is 32.4. The first-order valence-electron chi connectivity index (χ1n) is 7.84. The molecule has 0 bridgehead atoms. The van der Waals surface area contributed by atoms with Gasteiger partial charge in [-0.1, -0.05) is 6.42 Å². The van der Waals surface area contributed by atoms with Crippen LogP contribution in [0.4, 0.5) is 4.79 Å². The van der Waals surface area contributed by atoms with Crippen LogP contribution >= 0.6 is 0 Å². The SMILES string of the molecule is CC(NC(=O)N1CCCC2CCCC21)(C(=O)O)C1CC1. The second kappa shape index (κ2) is 4.93. The van der Waals surface area contributed by atoms with Crippen LogP contribution in [-0.2, 0) is 4.79 Å². The number of fused-ring (bicyclic) bond motifs is 1. The molecule has 1 aliphatic heterocycles. The Labute approximate surface area is 119 Å². The number of likely N-dealkylation sites (tertiary alicyclic amines) is 1. The van der Waals surface area contributed by atoms with Gasteiger partial charge in [-0.15, -0.1) is 0 Å². The van der Waals surface area contributed by atoms with Crippen molar-refractivity contribution in [2.24, 2.45) is 11.8 Å². The number of urea groups is 1. The zero-order valence-electron chi connectivity index (χ0n) is 12.1. The van der Waals surface area contributed by atoms with Gasteiger partial charge in [-0.25, -0.2) is 9.59 Å². The maximum absolute atomic E-state index is 12.5. The molecule has 2 amide bonds. The number of rotatable bonds is 3. The lowest BCUT2D eigenvalue weighted by Gasteiger charge is -2.39. The van der Waals surface area contributed by atoms with Crippen LogP contribution in [0.1, 0.15) is 51.9 Å². The van der Waals surface area contributed by atoms with E-state index in [1.54, 1.807) is 6.92 Å². The molecule has 1 heterocycles. The van der Waals surface area contributed by atoms with Crippen LogP contribution in [0.5, 0.6) is 0 Å². The fourth-order valence-corrected chi connectivity index (χ4v) is 3.99. The molecule has 0 spiro atoms. The molecule has 0 radical (unpaired) electrons. The summed E-state index contributed by atoms with van der Waals surface area (Å²) in [6, 6.07) is 0.166. The Hall–Kier alpha value is -1.26. The molecule has 0 aromatic heterocycles. The van der Waals surface area contributed by atoms with Gasteiger partial charge >= 0.3 is 12.0 Å². The number of piperidine rings is 1. The van der Waals surface area contributed by atoms with Crippen molar-refractivity contribution in [1.82, 2.24) is 10.2 Å². The summed E-state index contributed by atoms with van der Waals surface area (Å²) in [5, 5.41) is 12.3. The molecule has 3 unspecified atom stereocenters. The molecule has 0 aromatic rings. The van der Waals surface area contributed by atoms with E-state index >= 15 is 0 Å². The topological polar surface area (TPSA) is 69.6 Å². The van der Waals surface area contributed by atoms with Crippen molar-refractivity contribution in [3.63, 3.8) is 0 Å². The van der Waals surface area contributed by atoms with Crippen molar-refractivity contribution in [2.45, 2.75) is 63.5 Å². The molecule has 2 aliphatic carbocycles. The Morgan fingerprint density at radius 2 is 1.85 bits per heavy atom. The number of amides is 2. The van der Waals surface area contributed by atoms with E-state index in [9.17, 15) is 14.7 Å². The third-order valence-electron chi connectivity index (χ3n) is 5.46. The molecular weight excluding hydrogens is 256 g/mol. The van der Waals surface area contributed by atoms with Crippen LogP contribution in [-0.4, -0.2) is 40.1 Å². The lowest BCUT2D eigenvalue weighted by atomic mass is 9.92. The van der Waals surface area contributed by atoms with Gasteiger partial charge in [0.1, 0.15) is 5.54 Å². The highest BCUT2D eigenvalue weighted by molar-refractivity contribution is 5.86. The van der Waals surface area contributed by atoms with Crippen LogP contribution < -0.4 is 5.32 Å². The number of hydrogen-bond donors (Lipinski definition) is 2. The van der Waals surface area contributed by atoms with Gasteiger partial charge in [-0.2, -0.15) is 0 Å². The van der Waals surface area contributed by atoms with Crippen molar-refractivity contribution >= 4 is 12.0 Å². The second-order valence-electron chi connectivity index (χ2n) is 6.81. The number of carbonyl (C=O) groups excluding carboxylic acids is 1. The molecule has 2 N–H and O–H groups in total. The number of hydrogen-bond acceptors (Lipinski definition) is 2. The molecule has 3 atom stereocenters. The summed E-state index contributed by atoms with van der Waals surface area (Å²) < 4.78 is 0. The minimum atomic E-state index is -1.09. The molecule has 5 heteroatoms. The standard InChI is InChI=1S/C15H24N2O3/c1-15(13(18)19,11-7-8-11)16-14(20)17-9-3-5-10-4-2-6-12(10)17/h10-12H,2-9H2,1H3,(H,16,20)(H,18,19). The minimum Gasteiger partial charge on any atom is -0.480 e. The number of aliphatic carboxylic acids is 1. The molecule has 1 saturated heterocycles. The Morgan fingerprint density at radius 1 is 1.15 bits per heavy atom. The maximum atomic E-state index is 12.5. The number of carboxylic acid groups (broad SMARTS) is 1. The van der Waals surface area contributed by atoms with Gasteiger partial charge < -0.3 is 15.3 Å². The van der Waals surface area contributed by atoms with Crippen LogP contribution in [0.2, 0.25) is 0 Å². The third-order valence-corrected chi connectivity index (χ3v) is 5.46. The van der Waals surface area contributed by atoms with E-state index in [1.165, 1.54) is 19.3 Å². The van der Waals surface area contributed by atoms with Gasteiger partial charge in [0.25, 0.3) is 0 Å². The molecule has 3 aliphatic rings. The number of nitrogens with one attached hydrogen (secondary N) is 1. The smallest absolute Gasteiger partial charge is 0.329 e. The van der Waals surface area contributed by atoms with Crippen molar-refractivity contribution in [3.05, 3.63) is 0 Å². The fraction of sp³-hybridized carbons (Fsp3) is 0.867. The summed E-state index contributed by atoms with van der Waals surface area (Å²) in [5.41, 5.74) is -1.09. The van der Waals surface area contributed by atoms with Crippen molar-refractivity contribution in [2.75, 3.05) is 6.54 Å². The van der Waals surface area contributed by atoms with Gasteiger partial charge in [0, 0.05) is 12.6 Å².